The molecule has 0 aromatic rings. The highest BCUT2D eigenvalue weighted by molar-refractivity contribution is 5.66. The summed E-state index contributed by atoms with van der Waals surface area (Å²) in [6.45, 7) is 6.17. The lowest BCUT2D eigenvalue weighted by Gasteiger charge is -2.35. The van der Waals surface area contributed by atoms with Gasteiger partial charge in [0.15, 0.2) is 0 Å². The van der Waals surface area contributed by atoms with Gasteiger partial charge in [0.2, 0.25) is 0 Å². The van der Waals surface area contributed by atoms with Gasteiger partial charge >= 0.3 is 5.97 Å². The molecule has 0 aliphatic heterocycles. The van der Waals surface area contributed by atoms with Crippen LogP contribution in [0.5, 0.6) is 0 Å². The largest absolute Gasteiger partial charge is 0.481 e. The van der Waals surface area contributed by atoms with Crippen LogP contribution in [0.25, 0.3) is 0 Å². The van der Waals surface area contributed by atoms with Gasteiger partial charge in [0.05, 0.1) is 6.42 Å². The number of hydrogen-bond acceptors (Lipinski definition) is 2. The molecule has 1 N–H and O–H groups in total. The molecule has 3 heteroatoms. The van der Waals surface area contributed by atoms with Crippen molar-refractivity contribution in [1.29, 1.82) is 0 Å². The van der Waals surface area contributed by atoms with Crippen molar-refractivity contribution in [3.05, 3.63) is 0 Å². The van der Waals surface area contributed by atoms with E-state index in [1.54, 1.807) is 0 Å². The molecule has 94 valence electrons. The number of carboxylic acids is 1. The summed E-state index contributed by atoms with van der Waals surface area (Å²) < 4.78 is 0. The van der Waals surface area contributed by atoms with E-state index in [9.17, 15) is 4.79 Å². The first kappa shape index (κ1) is 13.5. The quantitative estimate of drug-likeness (QED) is 0.758. The SMILES string of the molecule is CC(C)CN(CCC(=O)O)C1CCCCC1. The maximum Gasteiger partial charge on any atom is 0.304 e. The van der Waals surface area contributed by atoms with E-state index in [-0.39, 0.29) is 6.42 Å². The van der Waals surface area contributed by atoms with E-state index in [1.807, 2.05) is 0 Å². The molecule has 0 atom stereocenters. The number of carbonyl (C=O) groups is 1. The molecular weight excluding hydrogens is 202 g/mol. The van der Waals surface area contributed by atoms with Crippen molar-refractivity contribution >= 4 is 5.97 Å². The number of rotatable bonds is 6. The molecule has 1 rings (SSSR count). The van der Waals surface area contributed by atoms with Crippen LogP contribution in [0.2, 0.25) is 0 Å². The van der Waals surface area contributed by atoms with Crippen molar-refractivity contribution in [1.82, 2.24) is 4.90 Å². The topological polar surface area (TPSA) is 40.5 Å². The van der Waals surface area contributed by atoms with Gasteiger partial charge in [0, 0.05) is 19.1 Å². The molecule has 0 radical (unpaired) electrons. The van der Waals surface area contributed by atoms with Crippen LogP contribution in [-0.2, 0) is 4.79 Å². The lowest BCUT2D eigenvalue weighted by molar-refractivity contribution is -0.137. The molecule has 1 fully saturated rings. The van der Waals surface area contributed by atoms with Crippen molar-refractivity contribution in [3.63, 3.8) is 0 Å². The fourth-order valence-electron chi connectivity index (χ4n) is 2.58. The Balaban J connectivity index is 2.43. The van der Waals surface area contributed by atoms with E-state index in [0.29, 0.717) is 12.0 Å². The van der Waals surface area contributed by atoms with Gasteiger partial charge in [0.25, 0.3) is 0 Å². The molecule has 1 aliphatic carbocycles. The highest BCUT2D eigenvalue weighted by Gasteiger charge is 2.21. The zero-order chi connectivity index (χ0) is 12.0. The second kappa shape index (κ2) is 6.89. The third-order valence-electron chi connectivity index (χ3n) is 3.30. The normalized spacial score (nSPS) is 18.2. The maximum atomic E-state index is 10.6. The van der Waals surface area contributed by atoms with Gasteiger partial charge in [-0.1, -0.05) is 33.1 Å². The van der Waals surface area contributed by atoms with Gasteiger partial charge in [-0.05, 0) is 18.8 Å². The Morgan fingerprint density at radius 1 is 1.31 bits per heavy atom. The Labute approximate surface area is 98.8 Å². The zero-order valence-electron chi connectivity index (χ0n) is 10.6. The second-order valence-electron chi connectivity index (χ2n) is 5.32. The number of aliphatic carboxylic acids is 1. The summed E-state index contributed by atoms with van der Waals surface area (Å²) in [5.74, 6) is -0.0553. The minimum Gasteiger partial charge on any atom is -0.481 e. The summed E-state index contributed by atoms with van der Waals surface area (Å²) in [4.78, 5) is 13.0. The minimum atomic E-state index is -0.676. The van der Waals surface area contributed by atoms with Crippen LogP contribution in [0.15, 0.2) is 0 Å². The monoisotopic (exact) mass is 227 g/mol. The summed E-state index contributed by atoms with van der Waals surface area (Å²) in [6.07, 6.45) is 6.77. The first-order valence-corrected chi connectivity index (χ1v) is 6.55. The van der Waals surface area contributed by atoms with Gasteiger partial charge in [0.1, 0.15) is 0 Å². The van der Waals surface area contributed by atoms with E-state index in [0.717, 1.165) is 13.1 Å². The maximum absolute atomic E-state index is 10.6. The Hall–Kier alpha value is -0.570. The predicted octanol–water partition coefficient (Wildman–Crippen LogP) is 2.75. The van der Waals surface area contributed by atoms with E-state index in [1.165, 1.54) is 32.1 Å². The Bertz CT molecular complexity index is 210. The van der Waals surface area contributed by atoms with Gasteiger partial charge in [-0.15, -0.1) is 0 Å². The molecule has 0 unspecified atom stereocenters. The van der Waals surface area contributed by atoms with Crippen LogP contribution in [0.1, 0.15) is 52.4 Å². The fourth-order valence-corrected chi connectivity index (χ4v) is 2.58. The van der Waals surface area contributed by atoms with Crippen LogP contribution in [0.3, 0.4) is 0 Å². The molecular formula is C13H25NO2. The van der Waals surface area contributed by atoms with Crippen LogP contribution in [0, 0.1) is 5.92 Å². The molecule has 1 saturated carbocycles. The van der Waals surface area contributed by atoms with Crippen LogP contribution in [-0.4, -0.2) is 35.1 Å². The second-order valence-corrected chi connectivity index (χ2v) is 5.32. The highest BCUT2D eigenvalue weighted by atomic mass is 16.4. The molecule has 0 spiro atoms. The molecule has 3 nitrogen and oxygen atoms in total. The van der Waals surface area contributed by atoms with Gasteiger partial charge in [-0.3, -0.25) is 9.69 Å². The third kappa shape index (κ3) is 4.97. The smallest absolute Gasteiger partial charge is 0.304 e. The van der Waals surface area contributed by atoms with Crippen molar-refractivity contribution in [2.75, 3.05) is 13.1 Å². The van der Waals surface area contributed by atoms with Crippen LogP contribution >= 0.6 is 0 Å². The van der Waals surface area contributed by atoms with Crippen LogP contribution in [0.4, 0.5) is 0 Å². The van der Waals surface area contributed by atoms with Gasteiger partial charge in [-0.25, -0.2) is 0 Å². The lowest BCUT2D eigenvalue weighted by atomic mass is 9.93. The minimum absolute atomic E-state index is 0.281. The predicted molar refractivity (Wildman–Crippen MR) is 65.5 cm³/mol. The van der Waals surface area contributed by atoms with E-state index in [2.05, 4.69) is 18.7 Å². The average Bonchev–Trinajstić information content (AvgIpc) is 2.25. The summed E-state index contributed by atoms with van der Waals surface area (Å²) in [6, 6.07) is 0.635. The molecule has 0 heterocycles. The number of carboxylic acid groups (broad SMARTS) is 1. The van der Waals surface area contributed by atoms with Gasteiger partial charge in [-0.2, -0.15) is 0 Å². The number of hydrogen-bond donors (Lipinski definition) is 1. The highest BCUT2D eigenvalue weighted by Crippen LogP contribution is 2.23. The first-order valence-electron chi connectivity index (χ1n) is 6.55. The molecule has 0 amide bonds. The summed E-state index contributed by atoms with van der Waals surface area (Å²) in [5.41, 5.74) is 0. The van der Waals surface area contributed by atoms with Gasteiger partial charge < -0.3 is 5.11 Å². The molecule has 0 saturated heterocycles. The Morgan fingerprint density at radius 3 is 2.44 bits per heavy atom. The Morgan fingerprint density at radius 2 is 1.94 bits per heavy atom. The zero-order valence-corrected chi connectivity index (χ0v) is 10.6. The number of nitrogens with zero attached hydrogens (tertiary/aromatic N) is 1. The van der Waals surface area contributed by atoms with Crippen molar-refractivity contribution in [2.45, 2.75) is 58.4 Å². The van der Waals surface area contributed by atoms with Crippen molar-refractivity contribution < 1.29 is 9.90 Å². The standard InChI is InChI=1S/C13H25NO2/c1-11(2)10-14(9-8-13(15)16)12-6-4-3-5-7-12/h11-12H,3-10H2,1-2H3,(H,15,16). The molecule has 0 aromatic carbocycles. The summed E-state index contributed by atoms with van der Waals surface area (Å²) in [5, 5.41) is 8.77. The summed E-state index contributed by atoms with van der Waals surface area (Å²) in [7, 11) is 0. The van der Waals surface area contributed by atoms with Crippen molar-refractivity contribution in [3.8, 4) is 0 Å². The average molecular weight is 227 g/mol. The molecule has 16 heavy (non-hydrogen) atoms. The Kier molecular flexibility index (Phi) is 5.81. The lowest BCUT2D eigenvalue weighted by Crippen LogP contribution is -2.40. The third-order valence-corrected chi connectivity index (χ3v) is 3.30. The molecule has 0 bridgehead atoms. The first-order chi connectivity index (χ1) is 7.59. The van der Waals surface area contributed by atoms with E-state index < -0.39 is 5.97 Å². The molecule has 0 aromatic heterocycles. The van der Waals surface area contributed by atoms with Crippen LogP contribution < -0.4 is 0 Å². The van der Waals surface area contributed by atoms with E-state index >= 15 is 0 Å². The summed E-state index contributed by atoms with van der Waals surface area (Å²) >= 11 is 0. The van der Waals surface area contributed by atoms with E-state index in [4.69, 9.17) is 5.11 Å². The molecule has 1 aliphatic rings. The van der Waals surface area contributed by atoms with Crippen molar-refractivity contribution in [2.24, 2.45) is 5.92 Å². The fraction of sp³-hybridized carbons (Fsp3) is 0.923.